The van der Waals surface area contributed by atoms with E-state index in [2.05, 4.69) is 4.72 Å². The van der Waals surface area contributed by atoms with E-state index in [0.29, 0.717) is 5.52 Å². The smallest absolute Gasteiger partial charge is 0.451 e. The zero-order chi connectivity index (χ0) is 26.3. The number of carbonyl (C=O) groups excluding carboxylic acids is 2. The van der Waals surface area contributed by atoms with Crippen molar-refractivity contribution >= 4 is 38.6 Å². The number of aryl methyl sites for hydroxylation is 1. The van der Waals surface area contributed by atoms with Gasteiger partial charge < -0.3 is 14.3 Å². The third-order valence-corrected chi connectivity index (χ3v) is 6.17. The van der Waals surface area contributed by atoms with Crippen molar-refractivity contribution in [3.63, 3.8) is 0 Å². The summed E-state index contributed by atoms with van der Waals surface area (Å²) < 4.78 is 78.2. The number of phenols is 1. The predicted octanol–water partition coefficient (Wildman–Crippen LogP) is 2.80. The molecule has 0 bridgehead atoms. The molecule has 35 heavy (non-hydrogen) atoms. The number of hydrogen-bond acceptors (Lipinski definition) is 8. The van der Waals surface area contributed by atoms with Gasteiger partial charge in [-0.05, 0) is 44.2 Å². The van der Waals surface area contributed by atoms with Crippen molar-refractivity contribution in [2.75, 3.05) is 4.72 Å². The van der Waals surface area contributed by atoms with E-state index in [4.69, 9.17) is 9.15 Å². The number of aromatic nitrogens is 1. The number of halogens is 3. The van der Waals surface area contributed by atoms with E-state index in [1.54, 1.807) is 0 Å². The Balaban J connectivity index is 2.03. The lowest BCUT2D eigenvalue weighted by Gasteiger charge is -2.20. The third kappa shape index (κ3) is 5.31. The largest absolute Gasteiger partial charge is 0.508 e. The number of sulfonamides is 1. The van der Waals surface area contributed by atoms with Gasteiger partial charge in [0.25, 0.3) is 15.8 Å². The molecular formula is C21H19F3N2O8S. The normalized spacial score (nSPS) is 13.1. The van der Waals surface area contributed by atoms with E-state index in [1.807, 2.05) is 0 Å². The Morgan fingerprint density at radius 1 is 1.14 bits per heavy atom. The van der Waals surface area contributed by atoms with Crippen molar-refractivity contribution in [3.8, 4) is 5.75 Å². The molecule has 3 rings (SSSR count). The van der Waals surface area contributed by atoms with Gasteiger partial charge in [-0.2, -0.15) is 13.2 Å². The Morgan fingerprint density at radius 3 is 2.40 bits per heavy atom. The number of oxazole rings is 1. The Hall–Kier alpha value is -3.81. The molecule has 3 aromatic rings. The fourth-order valence-corrected chi connectivity index (χ4v) is 4.25. The maximum Gasteiger partial charge on any atom is 0.451 e. The fraction of sp³-hybridized carbons (Fsp3) is 0.286. The van der Waals surface area contributed by atoms with Crippen molar-refractivity contribution < 1.29 is 45.4 Å². The Morgan fingerprint density at radius 2 is 1.80 bits per heavy atom. The highest BCUT2D eigenvalue weighted by Gasteiger charge is 2.48. The van der Waals surface area contributed by atoms with Crippen LogP contribution in [0.5, 0.6) is 5.75 Å². The molecule has 0 spiro atoms. The summed E-state index contributed by atoms with van der Waals surface area (Å²) in [6, 6.07) is 6.11. The minimum atomic E-state index is -5.45. The second kappa shape index (κ2) is 9.09. The van der Waals surface area contributed by atoms with Crippen molar-refractivity contribution in [1.82, 2.24) is 4.57 Å². The van der Waals surface area contributed by atoms with Crippen LogP contribution >= 0.6 is 0 Å². The quantitative estimate of drug-likeness (QED) is 0.277. The standard InChI is InChI=1S/C21H19F3N2O8S/c1-10(2)33-19(29)17(18(28)21(22,23)24)13-8-11(4-7-15(13)27)25-35(31,32)12-5-6-14-16(9-12)34-20(30)26(14)3/h4-10,17,25,27H,1-3H3/t17-/m1/s1. The number of phenolic OH excluding ortho intramolecular Hbond substituents is 1. The average Bonchev–Trinajstić information content (AvgIpc) is 3.02. The lowest BCUT2D eigenvalue weighted by molar-refractivity contribution is -0.178. The van der Waals surface area contributed by atoms with Gasteiger partial charge in [0, 0.05) is 24.4 Å². The van der Waals surface area contributed by atoms with E-state index < -0.39 is 57.0 Å². The summed E-state index contributed by atoms with van der Waals surface area (Å²) in [5, 5.41) is 10.1. The van der Waals surface area contributed by atoms with E-state index >= 15 is 0 Å². The summed E-state index contributed by atoms with van der Waals surface area (Å²) >= 11 is 0. The average molecular weight is 516 g/mol. The molecule has 2 N–H and O–H groups in total. The summed E-state index contributed by atoms with van der Waals surface area (Å²) in [6.45, 7) is 2.70. The number of nitrogens with zero attached hydrogens (tertiary/aromatic N) is 1. The monoisotopic (exact) mass is 516 g/mol. The molecule has 188 valence electrons. The molecule has 2 aromatic carbocycles. The van der Waals surface area contributed by atoms with Gasteiger partial charge >= 0.3 is 17.9 Å². The van der Waals surface area contributed by atoms with Crippen LogP contribution < -0.4 is 10.5 Å². The first-order valence-electron chi connectivity index (χ1n) is 9.88. The summed E-state index contributed by atoms with van der Waals surface area (Å²) in [7, 11) is -2.96. The van der Waals surface area contributed by atoms with Crippen LogP contribution in [0.4, 0.5) is 18.9 Å². The molecule has 1 heterocycles. The second-order valence-electron chi connectivity index (χ2n) is 7.72. The van der Waals surface area contributed by atoms with Gasteiger partial charge in [-0.25, -0.2) is 13.2 Å². The third-order valence-electron chi connectivity index (χ3n) is 4.79. The molecule has 0 amide bonds. The Bertz CT molecular complexity index is 1470. The number of Topliss-reactive ketones (excluding diaryl/α,β-unsaturated/α-hetero) is 1. The summed E-state index contributed by atoms with van der Waals surface area (Å²) in [5.74, 6) is -8.23. The lowest BCUT2D eigenvalue weighted by atomic mass is 9.93. The van der Waals surface area contributed by atoms with Crippen LogP contribution in [0.15, 0.2) is 50.5 Å². The Labute approximate surface area is 196 Å². The molecule has 0 aliphatic heterocycles. The van der Waals surface area contributed by atoms with Gasteiger partial charge in [-0.3, -0.25) is 18.9 Å². The number of nitrogens with one attached hydrogen (secondary N) is 1. The van der Waals surface area contributed by atoms with Gasteiger partial charge in [0.1, 0.15) is 5.75 Å². The topological polar surface area (TPSA) is 145 Å². The number of aromatic hydroxyl groups is 1. The van der Waals surface area contributed by atoms with Gasteiger partial charge in [0.2, 0.25) is 0 Å². The van der Waals surface area contributed by atoms with Crippen LogP contribution in [-0.4, -0.2) is 42.1 Å². The van der Waals surface area contributed by atoms with Crippen LogP contribution in [0.2, 0.25) is 0 Å². The van der Waals surface area contributed by atoms with Crippen LogP contribution in [0, 0.1) is 0 Å². The number of fused-ring (bicyclic) bond motifs is 1. The molecule has 0 unspecified atom stereocenters. The number of benzene rings is 2. The number of rotatable bonds is 7. The number of ether oxygens (including phenoxy) is 1. The van der Waals surface area contributed by atoms with E-state index in [1.165, 1.54) is 27.0 Å². The number of anilines is 1. The maximum absolute atomic E-state index is 13.2. The maximum atomic E-state index is 13.2. The molecule has 14 heteroatoms. The minimum Gasteiger partial charge on any atom is -0.508 e. The van der Waals surface area contributed by atoms with Crippen LogP contribution in [0.25, 0.3) is 11.1 Å². The molecular weight excluding hydrogens is 497 g/mol. The zero-order valence-corrected chi connectivity index (χ0v) is 19.2. The highest BCUT2D eigenvalue weighted by atomic mass is 32.2. The van der Waals surface area contributed by atoms with Gasteiger partial charge in [-0.1, -0.05) is 0 Å². The van der Waals surface area contributed by atoms with Crippen molar-refractivity contribution in [2.45, 2.75) is 36.9 Å². The lowest BCUT2D eigenvalue weighted by Crippen LogP contribution is -2.35. The van der Waals surface area contributed by atoms with Crippen LogP contribution in [-0.2, 0) is 31.4 Å². The van der Waals surface area contributed by atoms with Gasteiger partial charge in [-0.15, -0.1) is 0 Å². The predicted molar refractivity (Wildman–Crippen MR) is 115 cm³/mol. The van der Waals surface area contributed by atoms with Crippen molar-refractivity contribution in [3.05, 3.63) is 52.5 Å². The van der Waals surface area contributed by atoms with E-state index in [0.717, 1.165) is 34.9 Å². The minimum absolute atomic E-state index is 0.0287. The summed E-state index contributed by atoms with van der Waals surface area (Å²) in [5.41, 5.74) is -0.871. The zero-order valence-electron chi connectivity index (χ0n) is 18.4. The highest BCUT2D eigenvalue weighted by Crippen LogP contribution is 2.36. The molecule has 0 fully saturated rings. The summed E-state index contributed by atoms with van der Waals surface area (Å²) in [6.07, 6.45) is -6.32. The van der Waals surface area contributed by atoms with E-state index in [-0.39, 0.29) is 16.2 Å². The Kier molecular flexibility index (Phi) is 6.70. The fourth-order valence-electron chi connectivity index (χ4n) is 3.18. The van der Waals surface area contributed by atoms with Crippen LogP contribution in [0.3, 0.4) is 0 Å². The molecule has 0 aliphatic rings. The number of hydrogen-bond donors (Lipinski definition) is 2. The number of esters is 1. The van der Waals surface area contributed by atoms with Crippen LogP contribution in [0.1, 0.15) is 25.3 Å². The molecule has 10 nitrogen and oxygen atoms in total. The number of alkyl halides is 3. The number of carbonyl (C=O) groups is 2. The molecule has 0 saturated heterocycles. The first-order chi connectivity index (χ1) is 16.1. The van der Waals surface area contributed by atoms with Gasteiger partial charge in [0.05, 0.1) is 16.5 Å². The number of ketones is 1. The second-order valence-corrected chi connectivity index (χ2v) is 9.40. The van der Waals surface area contributed by atoms with E-state index in [9.17, 15) is 41.1 Å². The molecule has 1 atom stereocenters. The van der Waals surface area contributed by atoms with Crippen molar-refractivity contribution in [1.29, 1.82) is 0 Å². The summed E-state index contributed by atoms with van der Waals surface area (Å²) in [4.78, 5) is 35.6. The first kappa shape index (κ1) is 25.8. The highest BCUT2D eigenvalue weighted by molar-refractivity contribution is 7.92. The van der Waals surface area contributed by atoms with Crippen molar-refractivity contribution in [2.24, 2.45) is 7.05 Å². The molecule has 0 saturated carbocycles. The molecule has 0 aliphatic carbocycles. The van der Waals surface area contributed by atoms with Gasteiger partial charge in [0.15, 0.2) is 11.5 Å². The molecule has 0 radical (unpaired) electrons. The first-order valence-corrected chi connectivity index (χ1v) is 11.4. The SMILES string of the molecule is CC(C)OC(=O)[C@@H](C(=O)C(F)(F)F)c1cc(NS(=O)(=O)c2ccc3c(c2)oc(=O)n3C)ccc1O. The molecule has 1 aromatic heterocycles.